The van der Waals surface area contributed by atoms with E-state index in [9.17, 15) is 0 Å². The van der Waals surface area contributed by atoms with Crippen LogP contribution in [0.3, 0.4) is 0 Å². The first-order chi connectivity index (χ1) is 13.8. The zero-order chi connectivity index (χ0) is 18.7. The Morgan fingerprint density at radius 2 is 1.21 bits per heavy atom. The fraction of sp³-hybridized carbons (Fsp3) is 0.0769. The Hall–Kier alpha value is -3.52. The second kappa shape index (κ2) is 5.74. The fourth-order valence-corrected chi connectivity index (χ4v) is 4.22. The summed E-state index contributed by atoms with van der Waals surface area (Å²) in [5.74, 6) is 0. The van der Waals surface area contributed by atoms with Gasteiger partial charge in [-0.25, -0.2) is 0 Å². The monoisotopic (exact) mass is 362 g/mol. The first kappa shape index (κ1) is 15.5. The second-order valence-corrected chi connectivity index (χ2v) is 7.49. The number of hydrogen-bond acceptors (Lipinski definition) is 2. The normalized spacial score (nSPS) is 11.9. The molecule has 2 heterocycles. The lowest BCUT2D eigenvalue weighted by molar-refractivity contribution is 0.665. The van der Waals surface area contributed by atoms with Crippen molar-refractivity contribution in [1.82, 2.24) is 0 Å². The van der Waals surface area contributed by atoms with Gasteiger partial charge < -0.3 is 8.83 Å². The molecule has 6 rings (SSSR count). The van der Waals surface area contributed by atoms with Crippen molar-refractivity contribution in [3.05, 3.63) is 95.6 Å². The summed E-state index contributed by atoms with van der Waals surface area (Å²) < 4.78 is 12.0. The van der Waals surface area contributed by atoms with Crippen molar-refractivity contribution in [3.8, 4) is 0 Å². The topological polar surface area (TPSA) is 26.3 Å². The second-order valence-electron chi connectivity index (χ2n) is 7.49. The zero-order valence-electron chi connectivity index (χ0n) is 15.5. The van der Waals surface area contributed by atoms with Gasteiger partial charge in [0.1, 0.15) is 22.3 Å². The van der Waals surface area contributed by atoms with E-state index < -0.39 is 0 Å². The summed E-state index contributed by atoms with van der Waals surface area (Å²) in [4.78, 5) is 0. The van der Waals surface area contributed by atoms with Crippen LogP contribution in [0.2, 0.25) is 0 Å². The lowest BCUT2D eigenvalue weighted by Gasteiger charge is -2.03. The maximum absolute atomic E-state index is 6.07. The van der Waals surface area contributed by atoms with Gasteiger partial charge >= 0.3 is 0 Å². The Morgan fingerprint density at radius 3 is 2.04 bits per heavy atom. The summed E-state index contributed by atoms with van der Waals surface area (Å²) in [6, 6.07) is 27.6. The van der Waals surface area contributed by atoms with Gasteiger partial charge in [-0.2, -0.15) is 0 Å². The van der Waals surface area contributed by atoms with E-state index in [1.54, 1.807) is 0 Å². The van der Waals surface area contributed by atoms with Gasteiger partial charge in [0.25, 0.3) is 0 Å². The molecule has 2 nitrogen and oxygen atoms in total. The molecular weight excluding hydrogens is 344 g/mol. The largest absolute Gasteiger partial charge is 0.456 e. The average molecular weight is 362 g/mol. The molecule has 0 aliphatic carbocycles. The van der Waals surface area contributed by atoms with Crippen molar-refractivity contribution in [2.24, 2.45) is 0 Å². The minimum Gasteiger partial charge on any atom is -0.456 e. The highest BCUT2D eigenvalue weighted by Crippen LogP contribution is 2.33. The molecule has 0 N–H and O–H groups in total. The van der Waals surface area contributed by atoms with Crippen LogP contribution >= 0.6 is 0 Å². The molecular formula is C26H18O2. The highest BCUT2D eigenvalue weighted by Gasteiger charge is 2.11. The van der Waals surface area contributed by atoms with E-state index in [-0.39, 0.29) is 0 Å². The van der Waals surface area contributed by atoms with Crippen LogP contribution in [0.1, 0.15) is 16.7 Å². The summed E-state index contributed by atoms with van der Waals surface area (Å²) in [5.41, 5.74) is 7.55. The van der Waals surface area contributed by atoms with E-state index in [4.69, 9.17) is 8.83 Å². The van der Waals surface area contributed by atoms with Gasteiger partial charge in [-0.15, -0.1) is 0 Å². The molecule has 0 aliphatic rings. The van der Waals surface area contributed by atoms with E-state index >= 15 is 0 Å². The third-order valence-corrected chi connectivity index (χ3v) is 5.61. The van der Waals surface area contributed by atoms with Crippen molar-refractivity contribution in [2.45, 2.75) is 13.3 Å². The standard InChI is InChI=1S/C26H18O2/c1-16-5-4-7-20-22-15-18(10-12-25(22)28-26(16)20)13-17-9-11-24-21(14-17)19-6-2-3-8-23(19)27-24/h2-12,14-15H,13H2,1H3. The van der Waals surface area contributed by atoms with Crippen LogP contribution in [0, 0.1) is 6.92 Å². The lowest BCUT2D eigenvalue weighted by atomic mass is 10.0. The molecule has 0 amide bonds. The number of rotatable bonds is 2. The Balaban J connectivity index is 1.46. The molecule has 0 atom stereocenters. The molecule has 28 heavy (non-hydrogen) atoms. The van der Waals surface area contributed by atoms with Crippen LogP contribution in [-0.2, 0) is 6.42 Å². The van der Waals surface area contributed by atoms with Crippen molar-refractivity contribution < 1.29 is 8.83 Å². The van der Waals surface area contributed by atoms with Gasteiger partial charge in [-0.1, -0.05) is 48.5 Å². The molecule has 2 heteroatoms. The van der Waals surface area contributed by atoms with Crippen molar-refractivity contribution in [2.75, 3.05) is 0 Å². The Labute approximate surface area is 162 Å². The summed E-state index contributed by atoms with van der Waals surface area (Å²) in [7, 11) is 0. The predicted octanol–water partition coefficient (Wildman–Crippen LogP) is 7.38. The van der Waals surface area contributed by atoms with Gasteiger partial charge in [0.15, 0.2) is 0 Å². The minimum absolute atomic E-state index is 0.879. The third kappa shape index (κ3) is 2.28. The van der Waals surface area contributed by atoms with E-state index in [0.717, 1.165) is 28.8 Å². The van der Waals surface area contributed by atoms with Crippen molar-refractivity contribution >= 4 is 43.9 Å². The lowest BCUT2D eigenvalue weighted by Crippen LogP contribution is -1.87. The fourth-order valence-electron chi connectivity index (χ4n) is 4.22. The number of para-hydroxylation sites is 2. The Bertz CT molecular complexity index is 1500. The van der Waals surface area contributed by atoms with Crippen LogP contribution in [0.25, 0.3) is 43.9 Å². The van der Waals surface area contributed by atoms with Crippen molar-refractivity contribution in [1.29, 1.82) is 0 Å². The molecule has 2 aromatic heterocycles. The maximum Gasteiger partial charge on any atom is 0.138 e. The predicted molar refractivity (Wildman–Crippen MR) is 115 cm³/mol. The smallest absolute Gasteiger partial charge is 0.138 e. The van der Waals surface area contributed by atoms with Crippen LogP contribution in [-0.4, -0.2) is 0 Å². The van der Waals surface area contributed by atoms with E-state index in [1.807, 2.05) is 12.1 Å². The van der Waals surface area contributed by atoms with Crippen LogP contribution in [0.15, 0.2) is 87.7 Å². The molecule has 0 spiro atoms. The summed E-state index contributed by atoms with van der Waals surface area (Å²) in [5, 5.41) is 4.73. The molecule has 0 saturated heterocycles. The molecule has 0 saturated carbocycles. The minimum atomic E-state index is 0.879. The van der Waals surface area contributed by atoms with Gasteiger partial charge in [0.05, 0.1) is 0 Å². The highest BCUT2D eigenvalue weighted by atomic mass is 16.3. The number of benzene rings is 4. The molecule has 134 valence electrons. The first-order valence-corrected chi connectivity index (χ1v) is 9.57. The molecule has 0 aliphatic heterocycles. The number of fused-ring (bicyclic) bond motifs is 6. The van der Waals surface area contributed by atoms with E-state index in [2.05, 4.69) is 73.7 Å². The molecule has 6 aromatic rings. The van der Waals surface area contributed by atoms with Gasteiger partial charge in [0, 0.05) is 21.5 Å². The molecule has 4 aromatic carbocycles. The molecule has 0 bridgehead atoms. The summed E-state index contributed by atoms with van der Waals surface area (Å²) >= 11 is 0. The molecule has 0 radical (unpaired) electrons. The van der Waals surface area contributed by atoms with Crippen LogP contribution in [0.4, 0.5) is 0 Å². The maximum atomic E-state index is 6.07. The highest BCUT2D eigenvalue weighted by molar-refractivity contribution is 6.06. The van der Waals surface area contributed by atoms with Crippen LogP contribution in [0.5, 0.6) is 0 Å². The SMILES string of the molecule is Cc1cccc2c1oc1ccc(Cc3ccc4oc5ccccc5c4c3)cc12. The molecule has 0 fully saturated rings. The Morgan fingerprint density at radius 1 is 0.571 bits per heavy atom. The van der Waals surface area contributed by atoms with Gasteiger partial charge in [-0.05, 0) is 60.4 Å². The molecule has 0 unspecified atom stereocenters. The van der Waals surface area contributed by atoms with Gasteiger partial charge in [0.2, 0.25) is 0 Å². The Kier molecular flexibility index (Phi) is 3.18. The zero-order valence-corrected chi connectivity index (χ0v) is 15.5. The average Bonchev–Trinajstić information content (AvgIpc) is 3.27. The van der Waals surface area contributed by atoms with Crippen molar-refractivity contribution in [3.63, 3.8) is 0 Å². The number of hydrogen-bond donors (Lipinski definition) is 0. The first-order valence-electron chi connectivity index (χ1n) is 9.57. The van der Waals surface area contributed by atoms with E-state index in [1.165, 1.54) is 38.2 Å². The van der Waals surface area contributed by atoms with E-state index in [0.29, 0.717) is 0 Å². The number of furan rings is 2. The quantitative estimate of drug-likeness (QED) is 0.321. The summed E-state index contributed by atoms with van der Waals surface area (Å²) in [6.07, 6.45) is 0.879. The van der Waals surface area contributed by atoms with Gasteiger partial charge in [-0.3, -0.25) is 0 Å². The van der Waals surface area contributed by atoms with Crippen LogP contribution < -0.4 is 0 Å². The number of aryl methyl sites for hydroxylation is 1. The summed E-state index contributed by atoms with van der Waals surface area (Å²) in [6.45, 7) is 2.09. The third-order valence-electron chi connectivity index (χ3n) is 5.61.